The summed E-state index contributed by atoms with van der Waals surface area (Å²) in [7, 11) is 0. The van der Waals surface area contributed by atoms with Gasteiger partial charge < -0.3 is 5.32 Å². The normalized spacial score (nSPS) is 17.1. The fourth-order valence-corrected chi connectivity index (χ4v) is 0.587. The van der Waals surface area contributed by atoms with Crippen LogP contribution in [0.3, 0.4) is 0 Å². The first-order chi connectivity index (χ1) is 3.93. The van der Waals surface area contributed by atoms with Crippen LogP contribution >= 0.6 is 24.8 Å². The molecule has 0 atom stereocenters. The molecule has 0 spiro atoms. The zero-order valence-corrected chi connectivity index (χ0v) is 7.34. The van der Waals surface area contributed by atoms with Crippen LogP contribution in [0.4, 0.5) is 0 Å². The first kappa shape index (κ1) is 12.3. The van der Waals surface area contributed by atoms with E-state index < -0.39 is 0 Å². The van der Waals surface area contributed by atoms with Gasteiger partial charge in [-0.3, -0.25) is 0 Å². The van der Waals surface area contributed by atoms with Crippen LogP contribution in [0.15, 0.2) is 36.2 Å². The van der Waals surface area contributed by atoms with E-state index in [0.717, 1.165) is 5.70 Å². The zero-order valence-electron chi connectivity index (χ0n) is 5.70. The molecule has 0 amide bonds. The zero-order chi connectivity index (χ0) is 5.82. The highest BCUT2D eigenvalue weighted by molar-refractivity contribution is 5.85. The van der Waals surface area contributed by atoms with Crippen molar-refractivity contribution in [3.63, 3.8) is 0 Å². The Bertz CT molecular complexity index is 159. The highest BCUT2D eigenvalue weighted by Gasteiger charge is 1.85. The van der Waals surface area contributed by atoms with E-state index in [1.165, 1.54) is 0 Å². The molecule has 1 heterocycles. The van der Waals surface area contributed by atoms with E-state index in [9.17, 15) is 0 Å². The molecule has 0 aromatic heterocycles. The summed E-state index contributed by atoms with van der Waals surface area (Å²) >= 11 is 0. The summed E-state index contributed by atoms with van der Waals surface area (Å²) in [6.45, 7) is 2.01. The number of hydrogen-bond acceptors (Lipinski definition) is 1. The first-order valence-electron chi connectivity index (χ1n) is 2.69. The third-order valence-corrected chi connectivity index (χ3v) is 1.04. The van der Waals surface area contributed by atoms with Gasteiger partial charge in [0, 0.05) is 11.9 Å². The van der Waals surface area contributed by atoms with Gasteiger partial charge in [0.05, 0.1) is 0 Å². The Morgan fingerprint density at radius 3 is 2.30 bits per heavy atom. The molecule has 0 radical (unpaired) electrons. The first-order valence-corrected chi connectivity index (χ1v) is 2.69. The van der Waals surface area contributed by atoms with Crippen molar-refractivity contribution in [3.05, 3.63) is 36.2 Å². The topological polar surface area (TPSA) is 12.0 Å². The van der Waals surface area contributed by atoms with Crippen LogP contribution in [-0.4, -0.2) is 0 Å². The van der Waals surface area contributed by atoms with Gasteiger partial charge in [-0.2, -0.15) is 0 Å². The monoisotopic (exact) mass is 179 g/mol. The Morgan fingerprint density at radius 1 is 1.30 bits per heavy atom. The molecule has 0 bridgehead atoms. The van der Waals surface area contributed by atoms with Crippen molar-refractivity contribution in [2.24, 2.45) is 0 Å². The molecule has 0 unspecified atom stereocenters. The van der Waals surface area contributed by atoms with Crippen molar-refractivity contribution >= 4 is 24.8 Å². The molecule has 1 nitrogen and oxygen atoms in total. The molecule has 1 aliphatic heterocycles. The lowest BCUT2D eigenvalue weighted by atomic mass is 10.3. The van der Waals surface area contributed by atoms with E-state index >= 15 is 0 Å². The Labute approximate surface area is 73.7 Å². The maximum absolute atomic E-state index is 3.06. The van der Waals surface area contributed by atoms with Crippen molar-refractivity contribution in [1.29, 1.82) is 0 Å². The van der Waals surface area contributed by atoms with E-state index in [-0.39, 0.29) is 24.8 Å². The fraction of sp³-hybridized carbons (Fsp3) is 0.143. The van der Waals surface area contributed by atoms with Crippen LogP contribution in [0, 0.1) is 0 Å². The second-order valence-corrected chi connectivity index (χ2v) is 1.61. The lowest BCUT2D eigenvalue weighted by Crippen LogP contribution is -2.03. The van der Waals surface area contributed by atoms with Gasteiger partial charge in [0.15, 0.2) is 0 Å². The van der Waals surface area contributed by atoms with Crippen molar-refractivity contribution < 1.29 is 0 Å². The maximum atomic E-state index is 3.06. The van der Waals surface area contributed by atoms with Crippen LogP contribution in [0.1, 0.15) is 6.92 Å². The molecule has 1 aliphatic rings. The smallest absolute Gasteiger partial charge is 0.0336 e. The van der Waals surface area contributed by atoms with Crippen LogP contribution in [0.2, 0.25) is 0 Å². The van der Waals surface area contributed by atoms with Gasteiger partial charge in [0.2, 0.25) is 0 Å². The van der Waals surface area contributed by atoms with Gasteiger partial charge >= 0.3 is 0 Å². The molecule has 3 heteroatoms. The number of dihydropyridines is 1. The van der Waals surface area contributed by atoms with E-state index in [4.69, 9.17) is 0 Å². The number of nitrogens with one attached hydrogen (secondary N) is 1. The van der Waals surface area contributed by atoms with Crippen LogP contribution in [0.25, 0.3) is 0 Å². The van der Waals surface area contributed by atoms with Gasteiger partial charge in [0.1, 0.15) is 0 Å². The van der Waals surface area contributed by atoms with Crippen LogP contribution in [-0.2, 0) is 0 Å². The van der Waals surface area contributed by atoms with Gasteiger partial charge in [-0.1, -0.05) is 12.2 Å². The fourth-order valence-electron chi connectivity index (χ4n) is 0.587. The molecule has 1 N–H and O–H groups in total. The predicted molar refractivity (Wildman–Crippen MR) is 49.7 cm³/mol. The summed E-state index contributed by atoms with van der Waals surface area (Å²) in [4.78, 5) is 0. The van der Waals surface area contributed by atoms with E-state index in [2.05, 4.69) is 5.32 Å². The minimum absolute atomic E-state index is 0. The molecule has 0 aliphatic carbocycles. The Hall–Kier alpha value is -0.400. The second-order valence-electron chi connectivity index (χ2n) is 1.61. The van der Waals surface area contributed by atoms with Crippen molar-refractivity contribution in [1.82, 2.24) is 5.32 Å². The Balaban J connectivity index is 0. The summed E-state index contributed by atoms with van der Waals surface area (Å²) in [6.07, 6.45) is 9.94. The number of hydrogen-bond donors (Lipinski definition) is 1. The van der Waals surface area contributed by atoms with Crippen LogP contribution < -0.4 is 5.32 Å². The van der Waals surface area contributed by atoms with Gasteiger partial charge in [0.25, 0.3) is 0 Å². The number of rotatable bonds is 0. The third-order valence-electron chi connectivity index (χ3n) is 1.04. The molecular formula is C7H11Cl2N. The molecule has 58 valence electrons. The molecule has 0 aromatic rings. The van der Waals surface area contributed by atoms with Crippen molar-refractivity contribution in [3.8, 4) is 0 Å². The standard InChI is InChI=1S/C7H9N.2ClH/c1-2-7-5-3-4-6-8-7;;/h2-6,8H,1H3;2*1H. The average molecular weight is 180 g/mol. The molecule has 0 saturated carbocycles. The van der Waals surface area contributed by atoms with E-state index in [1.807, 2.05) is 37.4 Å². The van der Waals surface area contributed by atoms with Gasteiger partial charge in [-0.25, -0.2) is 0 Å². The van der Waals surface area contributed by atoms with Gasteiger partial charge in [-0.05, 0) is 19.1 Å². The summed E-state index contributed by atoms with van der Waals surface area (Å²) in [5, 5.41) is 3.06. The summed E-state index contributed by atoms with van der Waals surface area (Å²) in [6, 6.07) is 0. The molecule has 0 saturated heterocycles. The number of halogens is 2. The largest absolute Gasteiger partial charge is 0.362 e. The summed E-state index contributed by atoms with van der Waals surface area (Å²) < 4.78 is 0. The molecule has 0 aromatic carbocycles. The highest BCUT2D eigenvalue weighted by atomic mass is 35.5. The van der Waals surface area contributed by atoms with E-state index in [0.29, 0.717) is 0 Å². The number of allylic oxidation sites excluding steroid dienone is 4. The van der Waals surface area contributed by atoms with Crippen molar-refractivity contribution in [2.75, 3.05) is 0 Å². The van der Waals surface area contributed by atoms with Crippen LogP contribution in [0.5, 0.6) is 0 Å². The lowest BCUT2D eigenvalue weighted by Gasteiger charge is -2.01. The minimum Gasteiger partial charge on any atom is -0.362 e. The lowest BCUT2D eigenvalue weighted by molar-refractivity contribution is 1.09. The quantitative estimate of drug-likeness (QED) is 0.603. The Kier molecular flexibility index (Phi) is 8.26. The maximum Gasteiger partial charge on any atom is 0.0336 e. The Morgan fingerprint density at radius 2 is 2.00 bits per heavy atom. The predicted octanol–water partition coefficient (Wildman–Crippen LogP) is 2.41. The molecular weight excluding hydrogens is 169 g/mol. The third kappa shape index (κ3) is 3.59. The molecule has 0 fully saturated rings. The summed E-state index contributed by atoms with van der Waals surface area (Å²) in [5.41, 5.74) is 1.16. The van der Waals surface area contributed by atoms with E-state index in [1.54, 1.807) is 0 Å². The highest BCUT2D eigenvalue weighted by Crippen LogP contribution is 1.95. The summed E-state index contributed by atoms with van der Waals surface area (Å²) in [5.74, 6) is 0. The van der Waals surface area contributed by atoms with Crippen molar-refractivity contribution in [2.45, 2.75) is 6.92 Å². The minimum atomic E-state index is 0. The average Bonchev–Trinajstić information content (AvgIpc) is 1.90. The SMILES string of the molecule is CC=C1C=CC=CN1.Cl.Cl. The second kappa shape index (κ2) is 6.72. The van der Waals surface area contributed by atoms with Gasteiger partial charge in [-0.15, -0.1) is 24.8 Å². The molecule has 1 rings (SSSR count). The molecule has 10 heavy (non-hydrogen) atoms.